The van der Waals surface area contributed by atoms with Crippen LogP contribution in [0.5, 0.6) is 0 Å². The first-order valence-electron chi connectivity index (χ1n) is 19.0. The van der Waals surface area contributed by atoms with Gasteiger partial charge in [0.25, 0.3) is 0 Å². The standard InChI is InChI=1S/C37H61F5O5S/c1-34-21-19-28(43)25-27(34)15-16-29-30-17-18-32(44)35(30,2)26-31(33(29)34)47-22-12-10-8-6-4-3-5-7-9-11-13-23-48(45,46)24-14-20-36(38,39)37(40,41)42/h27,29-33,44H,3-26H2,1-2H3/t27-,29-,30-,31-,32-,33+,34-,35-/m0/s1. The summed E-state index contributed by atoms with van der Waals surface area (Å²) in [6, 6.07) is 0. The Morgan fingerprint density at radius 1 is 0.792 bits per heavy atom. The summed E-state index contributed by atoms with van der Waals surface area (Å²) in [6.07, 6.45) is 10.5. The minimum atomic E-state index is -5.65. The molecule has 0 unspecified atom stereocenters. The van der Waals surface area contributed by atoms with E-state index in [0.717, 1.165) is 103 Å². The maximum atomic E-state index is 13.0. The van der Waals surface area contributed by atoms with Gasteiger partial charge in [0.05, 0.1) is 23.7 Å². The highest BCUT2D eigenvalue weighted by Crippen LogP contribution is 2.66. The van der Waals surface area contributed by atoms with E-state index in [1.807, 2.05) is 0 Å². The van der Waals surface area contributed by atoms with E-state index >= 15 is 0 Å². The van der Waals surface area contributed by atoms with Crippen LogP contribution in [0.1, 0.15) is 149 Å². The summed E-state index contributed by atoms with van der Waals surface area (Å²) in [5.41, 5.74) is 0.0847. The predicted octanol–water partition coefficient (Wildman–Crippen LogP) is 9.64. The summed E-state index contributed by atoms with van der Waals surface area (Å²) >= 11 is 0. The largest absolute Gasteiger partial charge is 0.453 e. The van der Waals surface area contributed by atoms with Crippen molar-refractivity contribution in [2.24, 2.45) is 34.5 Å². The summed E-state index contributed by atoms with van der Waals surface area (Å²) in [6.45, 7) is 5.49. The average Bonchev–Trinajstić information content (AvgIpc) is 3.30. The zero-order chi connectivity index (χ0) is 35.2. The number of unbranched alkanes of at least 4 members (excludes halogenated alkanes) is 10. The number of Topliss-reactive ketones (excluding diaryl/α,β-unsaturated/α-hetero) is 1. The maximum Gasteiger partial charge on any atom is 0.453 e. The van der Waals surface area contributed by atoms with Crippen molar-refractivity contribution in [1.82, 2.24) is 0 Å². The highest BCUT2D eigenvalue weighted by Gasteiger charge is 2.63. The Morgan fingerprint density at radius 2 is 1.38 bits per heavy atom. The topological polar surface area (TPSA) is 80.7 Å². The van der Waals surface area contributed by atoms with Crippen LogP contribution in [-0.2, 0) is 19.4 Å². The van der Waals surface area contributed by atoms with E-state index in [1.54, 1.807) is 0 Å². The van der Waals surface area contributed by atoms with Crippen LogP contribution >= 0.6 is 0 Å². The van der Waals surface area contributed by atoms with Gasteiger partial charge in [-0.05, 0) is 92.3 Å². The molecule has 4 aliphatic rings. The van der Waals surface area contributed by atoms with Gasteiger partial charge in [0, 0.05) is 25.9 Å². The van der Waals surface area contributed by atoms with Crippen LogP contribution in [0.2, 0.25) is 0 Å². The van der Waals surface area contributed by atoms with Crippen LogP contribution in [0.3, 0.4) is 0 Å². The molecule has 4 fully saturated rings. The third-order valence-electron chi connectivity index (χ3n) is 13.1. The number of sulfone groups is 1. The number of rotatable bonds is 19. The molecule has 0 bridgehead atoms. The Labute approximate surface area is 285 Å². The van der Waals surface area contributed by atoms with Crippen molar-refractivity contribution in [3.63, 3.8) is 0 Å². The van der Waals surface area contributed by atoms with Crippen LogP contribution < -0.4 is 0 Å². The van der Waals surface area contributed by atoms with E-state index in [9.17, 15) is 40.3 Å². The van der Waals surface area contributed by atoms with Crippen LogP contribution in [0.4, 0.5) is 22.0 Å². The molecule has 0 radical (unpaired) electrons. The fourth-order valence-electron chi connectivity index (χ4n) is 10.3. The molecular formula is C37H61F5O5S. The van der Waals surface area contributed by atoms with Crippen molar-refractivity contribution >= 4 is 15.6 Å². The first-order valence-corrected chi connectivity index (χ1v) is 20.8. The number of hydrogen-bond donors (Lipinski definition) is 1. The lowest BCUT2D eigenvalue weighted by atomic mass is 9.44. The van der Waals surface area contributed by atoms with Crippen molar-refractivity contribution in [3.05, 3.63) is 0 Å². The molecule has 48 heavy (non-hydrogen) atoms. The van der Waals surface area contributed by atoms with E-state index < -0.39 is 40.5 Å². The quantitative estimate of drug-likeness (QED) is 0.107. The van der Waals surface area contributed by atoms with Gasteiger partial charge in [-0.15, -0.1) is 0 Å². The van der Waals surface area contributed by atoms with Gasteiger partial charge in [-0.25, -0.2) is 8.42 Å². The van der Waals surface area contributed by atoms with Crippen molar-refractivity contribution in [2.45, 2.75) is 173 Å². The molecule has 4 rings (SSSR count). The van der Waals surface area contributed by atoms with E-state index in [1.165, 1.54) is 6.42 Å². The van der Waals surface area contributed by atoms with Crippen molar-refractivity contribution in [1.29, 1.82) is 0 Å². The van der Waals surface area contributed by atoms with Crippen LogP contribution in [0, 0.1) is 34.5 Å². The van der Waals surface area contributed by atoms with E-state index in [-0.39, 0.29) is 28.8 Å². The second-order valence-electron chi connectivity index (χ2n) is 16.4. The van der Waals surface area contributed by atoms with Gasteiger partial charge >= 0.3 is 12.1 Å². The second kappa shape index (κ2) is 16.7. The lowest BCUT2D eigenvalue weighted by Gasteiger charge is -2.62. The van der Waals surface area contributed by atoms with Gasteiger partial charge in [-0.1, -0.05) is 71.6 Å². The molecule has 11 heteroatoms. The van der Waals surface area contributed by atoms with Gasteiger partial charge in [0.1, 0.15) is 15.6 Å². The van der Waals surface area contributed by atoms with Crippen LogP contribution in [0.25, 0.3) is 0 Å². The number of aliphatic hydroxyl groups is 1. The number of ketones is 1. The summed E-state index contributed by atoms with van der Waals surface area (Å²) in [7, 11) is -3.62. The van der Waals surface area contributed by atoms with Gasteiger partial charge in [-0.3, -0.25) is 4.79 Å². The van der Waals surface area contributed by atoms with Crippen LogP contribution in [-0.4, -0.2) is 61.7 Å². The molecule has 0 aromatic carbocycles. The number of ether oxygens (including phenoxy) is 1. The number of halogens is 5. The fraction of sp³-hybridized carbons (Fsp3) is 0.973. The molecule has 0 amide bonds. The molecule has 0 aromatic heterocycles. The Bertz CT molecular complexity index is 1150. The SMILES string of the molecule is C[C@]12CCC(=O)C[C@@H]1CC[C@@H]1[C@@H]2[C@@H](OCCCCCCCCCCCCCS(=O)(=O)CCCC(F)(F)C(F)(F)F)C[C@]2(C)[C@@H](O)CC[C@@H]12. The number of alkyl halides is 5. The number of aliphatic hydroxyl groups excluding tert-OH is 1. The molecule has 4 saturated carbocycles. The normalized spacial score (nSPS) is 34.1. The Morgan fingerprint density at radius 3 is 2.00 bits per heavy atom. The summed E-state index contributed by atoms with van der Waals surface area (Å²) in [5, 5.41) is 11.0. The summed E-state index contributed by atoms with van der Waals surface area (Å²) in [4.78, 5) is 12.4. The molecule has 1 N–H and O–H groups in total. The minimum absolute atomic E-state index is 0.0672. The number of carbonyl (C=O) groups excluding carboxylic acids is 1. The van der Waals surface area contributed by atoms with Gasteiger partial charge in [-0.2, -0.15) is 22.0 Å². The highest BCUT2D eigenvalue weighted by molar-refractivity contribution is 7.91. The third kappa shape index (κ3) is 9.74. The van der Waals surface area contributed by atoms with E-state index in [4.69, 9.17) is 4.74 Å². The van der Waals surface area contributed by atoms with E-state index in [2.05, 4.69) is 13.8 Å². The molecule has 8 atom stereocenters. The Kier molecular flexibility index (Phi) is 13.9. The summed E-state index contributed by atoms with van der Waals surface area (Å²) in [5.74, 6) is -3.15. The molecule has 280 valence electrons. The molecule has 4 aliphatic carbocycles. The lowest BCUT2D eigenvalue weighted by Crippen LogP contribution is -2.60. The summed E-state index contributed by atoms with van der Waals surface area (Å²) < 4.78 is 93.3. The molecule has 5 nitrogen and oxygen atoms in total. The monoisotopic (exact) mass is 712 g/mol. The van der Waals surface area contributed by atoms with Gasteiger partial charge in [0.15, 0.2) is 0 Å². The van der Waals surface area contributed by atoms with Crippen molar-refractivity contribution in [2.75, 3.05) is 18.1 Å². The first kappa shape index (κ1) is 40.0. The highest BCUT2D eigenvalue weighted by atomic mass is 32.2. The van der Waals surface area contributed by atoms with Gasteiger partial charge < -0.3 is 9.84 Å². The van der Waals surface area contributed by atoms with Crippen molar-refractivity contribution in [3.8, 4) is 0 Å². The maximum absolute atomic E-state index is 13.0. The zero-order valence-electron chi connectivity index (χ0n) is 29.3. The number of fused-ring (bicyclic) bond motifs is 5. The number of hydrogen-bond acceptors (Lipinski definition) is 5. The fourth-order valence-corrected chi connectivity index (χ4v) is 11.7. The molecule has 0 aliphatic heterocycles. The van der Waals surface area contributed by atoms with Crippen molar-refractivity contribution < 1.29 is 45.0 Å². The minimum Gasteiger partial charge on any atom is -0.393 e. The van der Waals surface area contributed by atoms with Crippen LogP contribution in [0.15, 0.2) is 0 Å². The molecular weight excluding hydrogens is 651 g/mol. The molecule has 0 heterocycles. The zero-order valence-corrected chi connectivity index (χ0v) is 30.1. The molecule has 0 saturated heterocycles. The number of carbonyl (C=O) groups is 1. The molecule has 0 spiro atoms. The smallest absolute Gasteiger partial charge is 0.393 e. The van der Waals surface area contributed by atoms with Gasteiger partial charge in [0.2, 0.25) is 0 Å². The lowest BCUT2D eigenvalue weighted by molar-refractivity contribution is -0.284. The second-order valence-corrected chi connectivity index (χ2v) is 18.7. The predicted molar refractivity (Wildman–Crippen MR) is 178 cm³/mol. The average molecular weight is 713 g/mol. The Balaban J connectivity index is 1.05. The third-order valence-corrected chi connectivity index (χ3v) is 15.0. The Hall–Kier alpha value is -0.810. The molecule has 0 aromatic rings. The van der Waals surface area contributed by atoms with E-state index in [0.29, 0.717) is 48.7 Å². The first-order chi connectivity index (χ1) is 22.5.